The number of ether oxygens (including phenoxy) is 1. The van der Waals surface area contributed by atoms with E-state index in [0.29, 0.717) is 0 Å². The second-order valence-electron chi connectivity index (χ2n) is 4.35. The zero-order chi connectivity index (χ0) is 14.8. The lowest BCUT2D eigenvalue weighted by molar-refractivity contribution is -0.432. The molecule has 0 radical (unpaired) electrons. The molecule has 1 rings (SSSR count). The van der Waals surface area contributed by atoms with Gasteiger partial charge in [0, 0.05) is 0 Å². The van der Waals surface area contributed by atoms with Gasteiger partial charge >= 0.3 is 0 Å². The number of hydrogen-bond acceptors (Lipinski definition) is 5. The third-order valence-corrected chi connectivity index (χ3v) is 2.39. The van der Waals surface area contributed by atoms with Crippen LogP contribution in [0.5, 0.6) is 5.75 Å². The molecule has 0 unspecified atom stereocenters. The van der Waals surface area contributed by atoms with Crippen LogP contribution in [0.3, 0.4) is 0 Å². The maximum atomic E-state index is 13.6. The molecule has 108 valence electrons. The monoisotopic (exact) mass is 302 g/mol. The fourth-order valence-corrected chi connectivity index (χ4v) is 1.53. The molecule has 1 aromatic carbocycles. The van der Waals surface area contributed by atoms with Gasteiger partial charge in [-0.05, 0) is 20.8 Å². The quantitative estimate of drug-likeness (QED) is 0.301. The molecule has 1 aromatic rings. The first-order valence-electron chi connectivity index (χ1n) is 4.88. The van der Waals surface area contributed by atoms with Gasteiger partial charge in [-0.25, -0.2) is 14.0 Å². The van der Waals surface area contributed by atoms with Gasteiger partial charge < -0.3 is 4.74 Å². The van der Waals surface area contributed by atoms with Crippen molar-refractivity contribution >= 4 is 12.0 Å². The second-order valence-corrected chi connectivity index (χ2v) is 5.07. The maximum absolute atomic E-state index is 13.6. The average molecular weight is 302 g/mol. The van der Waals surface area contributed by atoms with E-state index in [-0.39, 0.29) is 12.0 Å². The van der Waals surface area contributed by atoms with Crippen molar-refractivity contribution in [3.8, 4) is 5.75 Å². The van der Waals surface area contributed by atoms with Crippen molar-refractivity contribution in [3.63, 3.8) is 0 Å². The molecule has 4 nitrogen and oxygen atoms in total. The van der Waals surface area contributed by atoms with Crippen molar-refractivity contribution in [3.05, 3.63) is 23.3 Å². The molecular weight excluding hydrogens is 292 g/mol. The first-order valence-corrected chi connectivity index (χ1v) is 5.63. The summed E-state index contributed by atoms with van der Waals surface area (Å²) in [4.78, 5) is -1.15. The summed E-state index contributed by atoms with van der Waals surface area (Å²) in [6.07, 6.45) is 0. The minimum atomic E-state index is -1.72. The lowest BCUT2D eigenvalue weighted by Crippen LogP contribution is -2.25. The van der Waals surface area contributed by atoms with E-state index in [2.05, 4.69) is 9.37 Å². The first-order chi connectivity index (χ1) is 8.69. The van der Waals surface area contributed by atoms with Crippen LogP contribution in [0.25, 0.3) is 0 Å². The fourth-order valence-electron chi connectivity index (χ4n) is 1.11. The third-order valence-electron chi connectivity index (χ3n) is 1.74. The average Bonchev–Trinajstić information content (AvgIpc) is 2.31. The van der Waals surface area contributed by atoms with Crippen LogP contribution in [0.4, 0.5) is 17.6 Å². The smallest absolute Gasteiger partial charge is 0.205 e. The van der Waals surface area contributed by atoms with Crippen LogP contribution >= 0.6 is 12.0 Å². The van der Waals surface area contributed by atoms with Crippen LogP contribution in [0, 0.1) is 23.3 Å². The summed E-state index contributed by atoms with van der Waals surface area (Å²) in [5, 5.41) is 11.0. The van der Waals surface area contributed by atoms with Gasteiger partial charge in [-0.2, -0.15) is 8.78 Å². The van der Waals surface area contributed by atoms with E-state index >= 15 is 0 Å². The minimum absolute atomic E-state index is 0.229. The summed E-state index contributed by atoms with van der Waals surface area (Å²) in [5.74, 6) is -8.03. The molecule has 0 saturated heterocycles. The lowest BCUT2D eigenvalue weighted by Gasteiger charge is -2.22. The predicted octanol–water partition coefficient (Wildman–Crippen LogP) is 3.85. The SMILES string of the molecule is CC(C)(C)Oc1c(F)c(F)c(SOOO)c(F)c1F. The van der Waals surface area contributed by atoms with Gasteiger partial charge in [0.15, 0.2) is 17.4 Å². The van der Waals surface area contributed by atoms with Gasteiger partial charge in [0.1, 0.15) is 10.5 Å². The highest BCUT2D eigenvalue weighted by atomic mass is 32.2. The van der Waals surface area contributed by atoms with Crippen LogP contribution in [-0.4, -0.2) is 10.9 Å². The zero-order valence-corrected chi connectivity index (χ0v) is 10.9. The molecule has 0 atom stereocenters. The van der Waals surface area contributed by atoms with Crippen LogP contribution in [0.15, 0.2) is 4.90 Å². The predicted molar refractivity (Wildman–Crippen MR) is 57.3 cm³/mol. The van der Waals surface area contributed by atoms with Gasteiger partial charge in [0.05, 0.1) is 12.0 Å². The Bertz CT molecular complexity index is 447. The second kappa shape index (κ2) is 5.95. The summed E-state index contributed by atoms with van der Waals surface area (Å²) >= 11 is -0.229. The van der Waals surface area contributed by atoms with Crippen LogP contribution in [-0.2, 0) is 9.37 Å². The Morgan fingerprint density at radius 2 is 1.42 bits per heavy atom. The lowest BCUT2D eigenvalue weighted by atomic mass is 10.2. The molecule has 0 bridgehead atoms. The van der Waals surface area contributed by atoms with E-state index in [1.54, 1.807) is 0 Å². The van der Waals surface area contributed by atoms with Crippen molar-refractivity contribution in [2.75, 3.05) is 0 Å². The highest BCUT2D eigenvalue weighted by Crippen LogP contribution is 2.36. The molecule has 0 amide bonds. The number of benzene rings is 1. The summed E-state index contributed by atoms with van der Waals surface area (Å²) in [6, 6.07) is 0. The Labute approximate surface area is 110 Å². The minimum Gasteiger partial charge on any atom is -0.482 e. The van der Waals surface area contributed by atoms with E-state index in [1.807, 2.05) is 0 Å². The standard InChI is InChI=1S/C10H10F4O4S/c1-10(2,3)16-8-4(11)6(13)9(19-18-17-15)7(14)5(8)12/h15H,1-3H3. The van der Waals surface area contributed by atoms with E-state index in [0.717, 1.165) is 0 Å². The Kier molecular flexibility index (Phi) is 5.02. The molecule has 0 spiro atoms. The molecule has 0 fully saturated rings. The summed E-state index contributed by atoms with van der Waals surface area (Å²) < 4.78 is 62.7. The molecule has 0 heterocycles. The van der Waals surface area contributed by atoms with Crippen molar-refractivity contribution in [2.24, 2.45) is 0 Å². The van der Waals surface area contributed by atoms with Crippen LogP contribution in [0.2, 0.25) is 0 Å². The van der Waals surface area contributed by atoms with Gasteiger partial charge in [0.25, 0.3) is 0 Å². The molecule has 9 heteroatoms. The van der Waals surface area contributed by atoms with Crippen LogP contribution < -0.4 is 4.74 Å². The van der Waals surface area contributed by atoms with Crippen molar-refractivity contribution in [2.45, 2.75) is 31.3 Å². The van der Waals surface area contributed by atoms with E-state index in [1.165, 1.54) is 20.8 Å². The molecule has 0 aromatic heterocycles. The summed E-state index contributed by atoms with van der Waals surface area (Å²) in [7, 11) is 0. The first kappa shape index (κ1) is 16.0. The zero-order valence-electron chi connectivity index (χ0n) is 10.1. The Balaban J connectivity index is 3.30. The third kappa shape index (κ3) is 3.72. The molecule has 1 N–H and O–H groups in total. The van der Waals surface area contributed by atoms with Crippen molar-refractivity contribution in [1.29, 1.82) is 0 Å². The molecular formula is C10H10F4O4S. The largest absolute Gasteiger partial charge is 0.482 e. The van der Waals surface area contributed by atoms with E-state index in [9.17, 15) is 17.6 Å². The van der Waals surface area contributed by atoms with Crippen molar-refractivity contribution < 1.29 is 36.9 Å². The molecule has 0 aliphatic rings. The number of rotatable bonds is 4. The van der Waals surface area contributed by atoms with E-state index < -0.39 is 39.5 Å². The number of halogens is 4. The molecule has 0 aliphatic heterocycles. The number of hydrogen-bond donors (Lipinski definition) is 1. The molecule has 0 saturated carbocycles. The topological polar surface area (TPSA) is 47.9 Å². The van der Waals surface area contributed by atoms with Crippen LogP contribution in [0.1, 0.15) is 20.8 Å². The maximum Gasteiger partial charge on any atom is 0.205 e. The van der Waals surface area contributed by atoms with Gasteiger partial charge in [-0.3, -0.25) is 0 Å². The van der Waals surface area contributed by atoms with Gasteiger partial charge in [-0.1, -0.05) is 5.04 Å². The highest BCUT2D eigenvalue weighted by molar-refractivity contribution is 7.94. The van der Waals surface area contributed by atoms with Gasteiger partial charge in [-0.15, -0.1) is 4.33 Å². The normalized spacial score (nSPS) is 11.8. The molecule has 19 heavy (non-hydrogen) atoms. The Morgan fingerprint density at radius 1 is 0.947 bits per heavy atom. The van der Waals surface area contributed by atoms with Gasteiger partial charge in [0.2, 0.25) is 11.6 Å². The fraction of sp³-hybridized carbons (Fsp3) is 0.400. The molecule has 0 aliphatic carbocycles. The Hall–Kier alpha value is -1.03. The summed E-state index contributed by atoms with van der Waals surface area (Å²) in [6.45, 7) is 4.35. The highest BCUT2D eigenvalue weighted by Gasteiger charge is 2.30. The van der Waals surface area contributed by atoms with Crippen molar-refractivity contribution in [1.82, 2.24) is 0 Å². The van der Waals surface area contributed by atoms with E-state index in [4.69, 9.17) is 9.99 Å². The summed E-state index contributed by atoms with van der Waals surface area (Å²) in [5.41, 5.74) is -1.06. The Morgan fingerprint density at radius 3 is 1.79 bits per heavy atom.